The summed E-state index contributed by atoms with van der Waals surface area (Å²) in [7, 11) is 3.76. The van der Waals surface area contributed by atoms with Crippen LogP contribution in [-0.2, 0) is 11.8 Å². The van der Waals surface area contributed by atoms with E-state index < -0.39 is 5.97 Å². The number of nitrogens with one attached hydrogen (secondary N) is 1. The molecule has 0 bridgehead atoms. The SMILES string of the molecule is CNc1nc2sc(-c3cccc(C=CC(=O)O)c3)nc2c2c1ncn2C. The van der Waals surface area contributed by atoms with Crippen LogP contribution in [0.5, 0.6) is 0 Å². The van der Waals surface area contributed by atoms with Crippen molar-refractivity contribution in [2.45, 2.75) is 0 Å². The fourth-order valence-corrected chi connectivity index (χ4v) is 3.76. The lowest BCUT2D eigenvalue weighted by Crippen LogP contribution is -1.95. The summed E-state index contributed by atoms with van der Waals surface area (Å²) < 4.78 is 1.94. The van der Waals surface area contributed by atoms with Gasteiger partial charge in [-0.25, -0.2) is 19.7 Å². The number of carboxylic acids is 1. The molecule has 26 heavy (non-hydrogen) atoms. The van der Waals surface area contributed by atoms with Gasteiger partial charge in [0.1, 0.15) is 26.4 Å². The summed E-state index contributed by atoms with van der Waals surface area (Å²) in [5.41, 5.74) is 4.26. The number of hydrogen-bond acceptors (Lipinski definition) is 6. The van der Waals surface area contributed by atoms with Crippen LogP contribution in [0.25, 0.3) is 38.0 Å². The monoisotopic (exact) mass is 365 g/mol. The summed E-state index contributed by atoms with van der Waals surface area (Å²) in [5, 5.41) is 12.7. The molecule has 4 aromatic rings. The minimum absolute atomic E-state index is 0.724. The fourth-order valence-electron chi connectivity index (χ4n) is 2.82. The first-order chi connectivity index (χ1) is 12.6. The van der Waals surface area contributed by atoms with Crippen LogP contribution in [0.1, 0.15) is 5.56 Å². The average Bonchev–Trinajstić information content (AvgIpc) is 3.23. The van der Waals surface area contributed by atoms with E-state index in [2.05, 4.69) is 15.3 Å². The number of fused-ring (bicyclic) bond motifs is 3. The van der Waals surface area contributed by atoms with Crippen molar-refractivity contribution in [3.8, 4) is 10.6 Å². The number of nitrogens with zero attached hydrogens (tertiary/aromatic N) is 4. The second-order valence-electron chi connectivity index (χ2n) is 5.73. The van der Waals surface area contributed by atoms with Crippen LogP contribution < -0.4 is 5.32 Å². The molecule has 130 valence electrons. The predicted molar refractivity (Wildman–Crippen MR) is 103 cm³/mol. The van der Waals surface area contributed by atoms with E-state index in [1.54, 1.807) is 12.4 Å². The highest BCUT2D eigenvalue weighted by molar-refractivity contribution is 7.21. The molecule has 0 saturated heterocycles. The highest BCUT2D eigenvalue weighted by Crippen LogP contribution is 2.35. The van der Waals surface area contributed by atoms with Gasteiger partial charge < -0.3 is 15.0 Å². The normalized spacial score (nSPS) is 11.6. The number of pyridine rings is 1. The first kappa shape index (κ1) is 16.2. The number of benzene rings is 1. The maximum Gasteiger partial charge on any atom is 0.328 e. The largest absolute Gasteiger partial charge is 0.478 e. The van der Waals surface area contributed by atoms with Crippen molar-refractivity contribution >= 4 is 50.6 Å². The lowest BCUT2D eigenvalue weighted by Gasteiger charge is -2.01. The second kappa shape index (κ2) is 6.23. The Morgan fingerprint density at radius 1 is 1.31 bits per heavy atom. The van der Waals surface area contributed by atoms with Gasteiger partial charge in [-0.2, -0.15) is 0 Å². The van der Waals surface area contributed by atoms with Crippen LogP contribution in [0.3, 0.4) is 0 Å². The molecule has 1 aromatic carbocycles. The van der Waals surface area contributed by atoms with Crippen molar-refractivity contribution in [1.29, 1.82) is 0 Å². The molecule has 3 aromatic heterocycles. The minimum Gasteiger partial charge on any atom is -0.478 e. The first-order valence-electron chi connectivity index (χ1n) is 7.87. The van der Waals surface area contributed by atoms with Gasteiger partial charge in [0.2, 0.25) is 0 Å². The van der Waals surface area contributed by atoms with Crippen LogP contribution in [0.2, 0.25) is 0 Å². The molecule has 0 unspecified atom stereocenters. The maximum absolute atomic E-state index is 10.7. The van der Waals surface area contributed by atoms with Crippen molar-refractivity contribution < 1.29 is 9.90 Å². The van der Waals surface area contributed by atoms with Crippen LogP contribution in [0.4, 0.5) is 5.82 Å². The molecule has 0 aliphatic heterocycles. The molecular weight excluding hydrogens is 350 g/mol. The molecule has 0 aliphatic carbocycles. The quantitative estimate of drug-likeness (QED) is 0.539. The predicted octanol–water partition coefficient (Wildman–Crippen LogP) is 3.38. The van der Waals surface area contributed by atoms with Crippen molar-refractivity contribution in [2.24, 2.45) is 7.05 Å². The van der Waals surface area contributed by atoms with Crippen molar-refractivity contribution in [3.63, 3.8) is 0 Å². The Bertz CT molecular complexity index is 1180. The number of carboxylic acid groups (broad SMARTS) is 1. The summed E-state index contributed by atoms with van der Waals surface area (Å²) in [6, 6.07) is 7.60. The second-order valence-corrected chi connectivity index (χ2v) is 6.71. The Kier molecular flexibility index (Phi) is 3.89. The molecule has 0 radical (unpaired) electrons. The van der Waals surface area contributed by atoms with Gasteiger partial charge in [-0.05, 0) is 17.7 Å². The third-order valence-electron chi connectivity index (χ3n) is 4.00. The van der Waals surface area contributed by atoms with Gasteiger partial charge in [0.25, 0.3) is 0 Å². The van der Waals surface area contributed by atoms with E-state index in [0.717, 1.165) is 49.4 Å². The lowest BCUT2D eigenvalue weighted by molar-refractivity contribution is -0.131. The highest BCUT2D eigenvalue weighted by Gasteiger charge is 2.17. The number of aliphatic carboxylic acids is 1. The number of thiazole rings is 1. The number of imidazole rings is 1. The number of hydrogen-bond donors (Lipinski definition) is 2. The molecule has 0 atom stereocenters. The molecule has 0 fully saturated rings. The number of anilines is 1. The number of aromatic nitrogens is 4. The summed E-state index contributed by atoms with van der Waals surface area (Å²) in [4.78, 5) is 25.4. The van der Waals surface area contributed by atoms with Crippen LogP contribution in [0.15, 0.2) is 36.7 Å². The fraction of sp³-hybridized carbons (Fsp3) is 0.111. The van der Waals surface area contributed by atoms with Crippen molar-refractivity contribution in [3.05, 3.63) is 42.2 Å². The number of carbonyl (C=O) groups is 1. The molecule has 7 nitrogen and oxygen atoms in total. The van der Waals surface area contributed by atoms with E-state index >= 15 is 0 Å². The molecular formula is C18H15N5O2S. The summed E-state index contributed by atoms with van der Waals surface area (Å²) >= 11 is 1.50. The summed E-state index contributed by atoms with van der Waals surface area (Å²) in [6.45, 7) is 0. The van der Waals surface area contributed by atoms with Crippen molar-refractivity contribution in [2.75, 3.05) is 12.4 Å². The molecule has 0 aliphatic rings. The maximum atomic E-state index is 10.7. The Hall–Kier alpha value is -3.26. The van der Waals surface area contributed by atoms with Crippen molar-refractivity contribution in [1.82, 2.24) is 19.5 Å². The average molecular weight is 365 g/mol. The van der Waals surface area contributed by atoms with Gasteiger partial charge in [0.05, 0.1) is 6.33 Å². The molecule has 0 spiro atoms. The topological polar surface area (TPSA) is 92.9 Å². The van der Waals surface area contributed by atoms with Gasteiger partial charge in [0, 0.05) is 25.7 Å². The number of rotatable bonds is 4. The Labute approximate surface area is 152 Å². The van der Waals surface area contributed by atoms with Gasteiger partial charge in [-0.1, -0.05) is 29.5 Å². The standard InChI is InChI=1S/C18H15N5O2S/c1-19-16-13-15(23(2)9-20-13)14-18(22-16)26-17(21-14)11-5-3-4-10(8-11)6-7-12(24)25/h3-9H,1-2H3,(H,19,22)(H,24,25). The number of aryl methyl sites for hydroxylation is 1. The van der Waals surface area contributed by atoms with E-state index in [-0.39, 0.29) is 0 Å². The molecule has 8 heteroatoms. The third kappa shape index (κ3) is 2.70. The van der Waals surface area contributed by atoms with E-state index in [9.17, 15) is 4.79 Å². The van der Waals surface area contributed by atoms with E-state index in [1.165, 1.54) is 11.3 Å². The smallest absolute Gasteiger partial charge is 0.328 e. The zero-order valence-electron chi connectivity index (χ0n) is 14.1. The van der Waals surface area contributed by atoms with E-state index in [4.69, 9.17) is 10.1 Å². The summed E-state index contributed by atoms with van der Waals surface area (Å²) in [6.07, 6.45) is 4.44. The molecule has 4 rings (SSSR count). The van der Waals surface area contributed by atoms with Gasteiger partial charge in [-0.3, -0.25) is 0 Å². The Morgan fingerprint density at radius 2 is 2.15 bits per heavy atom. The Balaban J connectivity index is 1.88. The van der Waals surface area contributed by atoms with Crippen LogP contribution in [-0.4, -0.2) is 37.6 Å². The molecule has 2 N–H and O–H groups in total. The zero-order valence-corrected chi connectivity index (χ0v) is 14.9. The third-order valence-corrected chi connectivity index (χ3v) is 5.00. The lowest BCUT2D eigenvalue weighted by atomic mass is 10.1. The molecule has 0 amide bonds. The van der Waals surface area contributed by atoms with Crippen LogP contribution >= 0.6 is 11.3 Å². The van der Waals surface area contributed by atoms with Crippen LogP contribution in [0, 0.1) is 0 Å². The van der Waals surface area contributed by atoms with E-state index in [0.29, 0.717) is 0 Å². The zero-order chi connectivity index (χ0) is 18.3. The molecule has 3 heterocycles. The van der Waals surface area contributed by atoms with Gasteiger partial charge >= 0.3 is 5.97 Å². The first-order valence-corrected chi connectivity index (χ1v) is 8.69. The van der Waals surface area contributed by atoms with E-state index in [1.807, 2.05) is 42.9 Å². The van der Waals surface area contributed by atoms with Gasteiger partial charge in [-0.15, -0.1) is 0 Å². The minimum atomic E-state index is -0.974. The highest BCUT2D eigenvalue weighted by atomic mass is 32.1. The van der Waals surface area contributed by atoms with Gasteiger partial charge in [0.15, 0.2) is 5.82 Å². The summed E-state index contributed by atoms with van der Waals surface area (Å²) in [5.74, 6) is -0.251. The Morgan fingerprint density at radius 3 is 2.92 bits per heavy atom. The molecule has 0 saturated carbocycles.